The molecule has 2 heteroatoms. The van der Waals surface area contributed by atoms with Gasteiger partial charge < -0.3 is 0 Å². The Morgan fingerprint density at radius 3 is 2.70 bits per heavy atom. The molecule has 0 fully saturated rings. The lowest BCUT2D eigenvalue weighted by atomic mass is 10.3. The normalized spacial score (nSPS) is 8.90. The summed E-state index contributed by atoms with van der Waals surface area (Å²) in [6.07, 6.45) is 6.87. The maximum absolute atomic E-state index is 5.17. The third kappa shape index (κ3) is 1.14. The van der Waals surface area contributed by atoms with Gasteiger partial charge in [0.15, 0.2) is 0 Å². The lowest BCUT2D eigenvalue weighted by Gasteiger charge is -1.95. The van der Waals surface area contributed by atoms with Crippen molar-refractivity contribution in [3.05, 3.63) is 23.3 Å². The molecule has 0 aliphatic carbocycles. The number of aromatic nitrogens is 2. The fraction of sp³-hybridized carbons (Fsp3) is 0.250. The van der Waals surface area contributed by atoms with Gasteiger partial charge in [-0.15, -0.1) is 6.42 Å². The molecular formula is C8H8N2. The molecule has 10 heavy (non-hydrogen) atoms. The van der Waals surface area contributed by atoms with E-state index in [1.165, 1.54) is 0 Å². The number of nitrogens with zero attached hydrogens (tertiary/aromatic N) is 2. The SMILES string of the molecule is C#Cc1nc(C)cnc1C. The molecule has 1 aromatic heterocycles. The lowest BCUT2D eigenvalue weighted by Crippen LogP contribution is -1.93. The predicted octanol–water partition coefficient (Wildman–Crippen LogP) is 1.07. The minimum Gasteiger partial charge on any atom is -0.257 e. The predicted molar refractivity (Wildman–Crippen MR) is 39.4 cm³/mol. The molecule has 0 saturated carbocycles. The van der Waals surface area contributed by atoms with Gasteiger partial charge in [0.2, 0.25) is 0 Å². The molecule has 0 unspecified atom stereocenters. The Hall–Kier alpha value is -1.36. The number of terminal acetylenes is 1. The van der Waals surface area contributed by atoms with E-state index >= 15 is 0 Å². The lowest BCUT2D eigenvalue weighted by molar-refractivity contribution is 1.04. The highest BCUT2D eigenvalue weighted by Crippen LogP contribution is 1.98. The van der Waals surface area contributed by atoms with E-state index in [0.29, 0.717) is 5.69 Å². The molecule has 0 aliphatic heterocycles. The molecule has 0 aliphatic rings. The topological polar surface area (TPSA) is 25.8 Å². The van der Waals surface area contributed by atoms with Crippen LogP contribution in [0.2, 0.25) is 0 Å². The first kappa shape index (κ1) is 6.76. The average molecular weight is 132 g/mol. The maximum Gasteiger partial charge on any atom is 0.134 e. The van der Waals surface area contributed by atoms with Gasteiger partial charge in [-0.3, -0.25) is 4.98 Å². The van der Waals surface area contributed by atoms with Crippen LogP contribution in [0.4, 0.5) is 0 Å². The Balaban J connectivity index is 3.25. The standard InChI is InChI=1S/C8H8N2/c1-4-8-7(3)9-5-6(2)10-8/h1,5H,2-3H3. The molecule has 1 heterocycles. The Morgan fingerprint density at radius 1 is 1.50 bits per heavy atom. The highest BCUT2D eigenvalue weighted by atomic mass is 14.8. The first-order valence-electron chi connectivity index (χ1n) is 3.01. The van der Waals surface area contributed by atoms with Crippen LogP contribution >= 0.6 is 0 Å². The molecule has 1 aromatic rings. The molecule has 0 aromatic carbocycles. The number of rotatable bonds is 0. The van der Waals surface area contributed by atoms with Crippen molar-refractivity contribution in [3.63, 3.8) is 0 Å². The van der Waals surface area contributed by atoms with Gasteiger partial charge in [-0.25, -0.2) is 4.98 Å². The second kappa shape index (κ2) is 2.49. The van der Waals surface area contributed by atoms with Gasteiger partial charge in [0.1, 0.15) is 5.69 Å². The van der Waals surface area contributed by atoms with Crippen LogP contribution in [-0.4, -0.2) is 9.97 Å². The Kier molecular flexibility index (Phi) is 1.68. The minimum absolute atomic E-state index is 0.639. The largest absolute Gasteiger partial charge is 0.257 e. The molecule has 0 bridgehead atoms. The zero-order valence-corrected chi connectivity index (χ0v) is 6.05. The van der Waals surface area contributed by atoms with Crippen molar-refractivity contribution in [2.45, 2.75) is 13.8 Å². The maximum atomic E-state index is 5.17. The van der Waals surface area contributed by atoms with E-state index in [1.807, 2.05) is 13.8 Å². The summed E-state index contributed by atoms with van der Waals surface area (Å²) in [4.78, 5) is 8.14. The quantitative estimate of drug-likeness (QED) is 0.493. The van der Waals surface area contributed by atoms with Crippen LogP contribution in [0, 0.1) is 26.2 Å². The molecule has 0 N–H and O–H groups in total. The first-order chi connectivity index (χ1) is 4.74. The number of hydrogen-bond acceptors (Lipinski definition) is 2. The molecule has 0 radical (unpaired) electrons. The van der Waals surface area contributed by atoms with E-state index in [-0.39, 0.29) is 0 Å². The van der Waals surface area contributed by atoms with Crippen molar-refractivity contribution in [1.82, 2.24) is 9.97 Å². The smallest absolute Gasteiger partial charge is 0.134 e. The molecule has 0 atom stereocenters. The van der Waals surface area contributed by atoms with Crippen LogP contribution in [0.1, 0.15) is 17.1 Å². The average Bonchev–Trinajstić information content (AvgIpc) is 1.94. The van der Waals surface area contributed by atoms with E-state index in [2.05, 4.69) is 15.9 Å². The zero-order valence-electron chi connectivity index (χ0n) is 6.05. The van der Waals surface area contributed by atoms with Gasteiger partial charge >= 0.3 is 0 Å². The molecule has 50 valence electrons. The third-order valence-corrected chi connectivity index (χ3v) is 1.21. The molecular weight excluding hydrogens is 124 g/mol. The van der Waals surface area contributed by atoms with Crippen LogP contribution < -0.4 is 0 Å². The first-order valence-corrected chi connectivity index (χ1v) is 3.01. The van der Waals surface area contributed by atoms with Gasteiger partial charge in [0, 0.05) is 6.20 Å². The van der Waals surface area contributed by atoms with Crippen molar-refractivity contribution < 1.29 is 0 Å². The van der Waals surface area contributed by atoms with E-state index < -0.39 is 0 Å². The zero-order chi connectivity index (χ0) is 7.56. The Labute approximate surface area is 60.3 Å². The molecule has 2 nitrogen and oxygen atoms in total. The van der Waals surface area contributed by atoms with Crippen molar-refractivity contribution in [2.24, 2.45) is 0 Å². The molecule has 0 spiro atoms. The summed E-state index contributed by atoms with van der Waals surface area (Å²) in [6, 6.07) is 0. The van der Waals surface area contributed by atoms with Gasteiger partial charge in [-0.2, -0.15) is 0 Å². The van der Waals surface area contributed by atoms with Crippen molar-refractivity contribution >= 4 is 0 Å². The van der Waals surface area contributed by atoms with Crippen LogP contribution in [0.25, 0.3) is 0 Å². The van der Waals surface area contributed by atoms with Gasteiger partial charge in [-0.05, 0) is 19.8 Å². The summed E-state index contributed by atoms with van der Waals surface area (Å²) < 4.78 is 0. The summed E-state index contributed by atoms with van der Waals surface area (Å²) in [5, 5.41) is 0. The fourth-order valence-corrected chi connectivity index (χ4v) is 0.674. The second-order valence-electron chi connectivity index (χ2n) is 2.09. The highest BCUT2D eigenvalue weighted by Gasteiger charge is 1.95. The van der Waals surface area contributed by atoms with Gasteiger partial charge in [0.05, 0.1) is 11.4 Å². The monoisotopic (exact) mass is 132 g/mol. The van der Waals surface area contributed by atoms with E-state index in [1.54, 1.807) is 6.20 Å². The molecule has 0 amide bonds. The summed E-state index contributed by atoms with van der Waals surface area (Å²) in [6.45, 7) is 3.72. The van der Waals surface area contributed by atoms with E-state index in [9.17, 15) is 0 Å². The van der Waals surface area contributed by atoms with Crippen molar-refractivity contribution in [1.29, 1.82) is 0 Å². The second-order valence-corrected chi connectivity index (χ2v) is 2.09. The van der Waals surface area contributed by atoms with Gasteiger partial charge in [0.25, 0.3) is 0 Å². The van der Waals surface area contributed by atoms with E-state index in [4.69, 9.17) is 6.42 Å². The Bertz CT molecular complexity index is 284. The summed E-state index contributed by atoms with van der Waals surface area (Å²) >= 11 is 0. The third-order valence-electron chi connectivity index (χ3n) is 1.21. The Morgan fingerprint density at radius 2 is 2.20 bits per heavy atom. The van der Waals surface area contributed by atoms with Crippen LogP contribution in [0.5, 0.6) is 0 Å². The van der Waals surface area contributed by atoms with Crippen LogP contribution in [-0.2, 0) is 0 Å². The van der Waals surface area contributed by atoms with E-state index in [0.717, 1.165) is 11.4 Å². The molecule has 0 saturated heterocycles. The van der Waals surface area contributed by atoms with Crippen LogP contribution in [0.3, 0.4) is 0 Å². The molecule has 1 rings (SSSR count). The highest BCUT2D eigenvalue weighted by molar-refractivity contribution is 5.28. The minimum atomic E-state index is 0.639. The van der Waals surface area contributed by atoms with Crippen molar-refractivity contribution in [2.75, 3.05) is 0 Å². The van der Waals surface area contributed by atoms with Gasteiger partial charge in [-0.1, -0.05) is 0 Å². The fourth-order valence-electron chi connectivity index (χ4n) is 0.674. The number of hydrogen-bond donors (Lipinski definition) is 0. The summed E-state index contributed by atoms with van der Waals surface area (Å²) in [7, 11) is 0. The number of aryl methyl sites for hydroxylation is 2. The summed E-state index contributed by atoms with van der Waals surface area (Å²) in [5.74, 6) is 2.46. The van der Waals surface area contributed by atoms with Crippen LogP contribution in [0.15, 0.2) is 6.20 Å². The summed E-state index contributed by atoms with van der Waals surface area (Å²) in [5.41, 5.74) is 2.31. The van der Waals surface area contributed by atoms with Crippen molar-refractivity contribution in [3.8, 4) is 12.3 Å².